The number of thioether (sulfide) groups is 1. The molecule has 0 saturated heterocycles. The van der Waals surface area contributed by atoms with E-state index in [9.17, 15) is 9.90 Å². The summed E-state index contributed by atoms with van der Waals surface area (Å²) in [5.41, 5.74) is 1.74. The van der Waals surface area contributed by atoms with Crippen molar-refractivity contribution < 1.29 is 9.90 Å². The summed E-state index contributed by atoms with van der Waals surface area (Å²) in [5, 5.41) is 9.67. The number of aliphatic hydroxyl groups is 1. The van der Waals surface area contributed by atoms with E-state index >= 15 is 0 Å². The number of carbonyl (C=O) groups excluding carboxylic acids is 1. The van der Waals surface area contributed by atoms with Crippen LogP contribution < -0.4 is 0 Å². The molecule has 0 aliphatic rings. The minimum absolute atomic E-state index is 0.00571. The van der Waals surface area contributed by atoms with E-state index in [1.165, 1.54) is 17.8 Å². The summed E-state index contributed by atoms with van der Waals surface area (Å²) in [6.45, 7) is 0. The van der Waals surface area contributed by atoms with Gasteiger partial charge >= 0.3 is 0 Å². The van der Waals surface area contributed by atoms with E-state index in [-0.39, 0.29) is 10.9 Å². The molecule has 0 fully saturated rings. The lowest BCUT2D eigenvalue weighted by atomic mass is 10.2. The number of hydrogen-bond acceptors (Lipinski definition) is 3. The minimum atomic E-state index is -0.148. The van der Waals surface area contributed by atoms with Crippen molar-refractivity contribution in [2.45, 2.75) is 5.75 Å². The Hall–Kier alpha value is -2.00. The summed E-state index contributed by atoms with van der Waals surface area (Å²) < 4.78 is 0. The van der Waals surface area contributed by atoms with Crippen LogP contribution in [0.1, 0.15) is 11.1 Å². The summed E-state index contributed by atoms with van der Waals surface area (Å²) in [5.74, 6) is 0.615. The molecular formula is C16H14O2S. The molecule has 2 rings (SSSR count). The maximum absolute atomic E-state index is 11.7. The Morgan fingerprint density at radius 2 is 1.58 bits per heavy atom. The first-order valence-electron chi connectivity index (χ1n) is 5.92. The van der Waals surface area contributed by atoms with Crippen molar-refractivity contribution >= 4 is 22.6 Å². The van der Waals surface area contributed by atoms with Crippen LogP contribution in [0.15, 0.2) is 66.7 Å². The lowest BCUT2D eigenvalue weighted by molar-refractivity contribution is -0.107. The third-order valence-electron chi connectivity index (χ3n) is 2.55. The molecule has 0 atom stereocenters. The van der Waals surface area contributed by atoms with Crippen LogP contribution in [0.3, 0.4) is 0 Å². The quantitative estimate of drug-likeness (QED) is 0.673. The van der Waals surface area contributed by atoms with E-state index in [2.05, 4.69) is 0 Å². The standard InChI is InChI=1S/C16H14O2S/c17-15(14-9-5-2-6-10-14)11-16(18)19-12-13-7-3-1-4-8-13/h1-11,17H,12H2. The summed E-state index contributed by atoms with van der Waals surface area (Å²) in [6, 6.07) is 18.8. The second kappa shape index (κ2) is 6.81. The van der Waals surface area contributed by atoms with E-state index in [1.807, 2.05) is 48.5 Å². The van der Waals surface area contributed by atoms with Crippen LogP contribution >= 0.6 is 11.8 Å². The molecule has 0 aliphatic carbocycles. The lowest BCUT2D eigenvalue weighted by Crippen LogP contribution is -1.91. The Morgan fingerprint density at radius 1 is 1.00 bits per heavy atom. The van der Waals surface area contributed by atoms with Gasteiger partial charge in [0, 0.05) is 17.4 Å². The second-order valence-corrected chi connectivity index (χ2v) is 4.97. The minimum Gasteiger partial charge on any atom is -0.507 e. The van der Waals surface area contributed by atoms with Crippen molar-refractivity contribution in [2.75, 3.05) is 0 Å². The van der Waals surface area contributed by atoms with Gasteiger partial charge in [-0.2, -0.15) is 0 Å². The molecule has 0 bridgehead atoms. The molecule has 0 amide bonds. The largest absolute Gasteiger partial charge is 0.507 e. The summed E-state index contributed by atoms with van der Waals surface area (Å²) in [4.78, 5) is 11.7. The van der Waals surface area contributed by atoms with Gasteiger partial charge in [0.2, 0.25) is 5.12 Å². The van der Waals surface area contributed by atoms with Crippen molar-refractivity contribution in [2.24, 2.45) is 0 Å². The molecule has 0 spiro atoms. The zero-order chi connectivity index (χ0) is 13.5. The molecule has 0 aliphatic heterocycles. The molecule has 0 radical (unpaired) electrons. The summed E-state index contributed by atoms with van der Waals surface area (Å²) in [6.07, 6.45) is 1.27. The average Bonchev–Trinajstić information content (AvgIpc) is 2.47. The third kappa shape index (κ3) is 4.30. The fraction of sp³-hybridized carbons (Fsp3) is 0.0625. The van der Waals surface area contributed by atoms with E-state index in [4.69, 9.17) is 0 Å². The number of hydrogen-bond donors (Lipinski definition) is 1. The SMILES string of the molecule is O=C(C=C(O)c1ccccc1)SCc1ccccc1. The molecule has 0 saturated carbocycles. The van der Waals surface area contributed by atoms with Crippen LogP contribution in [-0.2, 0) is 10.5 Å². The topological polar surface area (TPSA) is 37.3 Å². The van der Waals surface area contributed by atoms with Crippen molar-refractivity contribution in [1.29, 1.82) is 0 Å². The maximum Gasteiger partial charge on any atom is 0.216 e. The summed E-state index contributed by atoms with van der Waals surface area (Å²) >= 11 is 1.18. The zero-order valence-electron chi connectivity index (χ0n) is 10.3. The zero-order valence-corrected chi connectivity index (χ0v) is 11.1. The van der Waals surface area contributed by atoms with Crippen molar-refractivity contribution in [3.8, 4) is 0 Å². The molecule has 96 valence electrons. The molecule has 3 heteroatoms. The molecule has 0 aromatic heterocycles. The Balaban J connectivity index is 1.94. The van der Waals surface area contributed by atoms with Crippen LogP contribution in [0.4, 0.5) is 0 Å². The molecule has 2 aromatic rings. The highest BCUT2D eigenvalue weighted by molar-refractivity contribution is 8.13. The monoisotopic (exact) mass is 270 g/mol. The fourth-order valence-corrected chi connectivity index (χ4v) is 2.27. The predicted octanol–water partition coefficient (Wildman–Crippen LogP) is 4.05. The Labute approximate surface area is 116 Å². The van der Waals surface area contributed by atoms with Gasteiger partial charge in [-0.25, -0.2) is 0 Å². The fourth-order valence-electron chi connectivity index (χ4n) is 1.57. The van der Waals surface area contributed by atoms with Crippen LogP contribution in [0.5, 0.6) is 0 Å². The maximum atomic E-state index is 11.7. The van der Waals surface area contributed by atoms with Gasteiger partial charge in [-0.1, -0.05) is 72.4 Å². The predicted molar refractivity (Wildman–Crippen MR) is 79.8 cm³/mol. The molecule has 0 heterocycles. The number of carbonyl (C=O) groups is 1. The van der Waals surface area contributed by atoms with Crippen LogP contribution in [0.2, 0.25) is 0 Å². The second-order valence-electron chi connectivity index (χ2n) is 3.99. The number of benzene rings is 2. The smallest absolute Gasteiger partial charge is 0.216 e. The van der Waals surface area contributed by atoms with E-state index in [0.717, 1.165) is 5.56 Å². The van der Waals surface area contributed by atoms with Gasteiger partial charge in [0.05, 0.1) is 0 Å². The van der Waals surface area contributed by atoms with E-state index in [1.54, 1.807) is 12.1 Å². The molecule has 19 heavy (non-hydrogen) atoms. The van der Waals surface area contributed by atoms with Gasteiger partial charge in [-0.3, -0.25) is 4.79 Å². The Morgan fingerprint density at radius 3 is 2.21 bits per heavy atom. The molecule has 1 N–H and O–H groups in total. The van der Waals surface area contributed by atoms with Gasteiger partial charge in [-0.05, 0) is 5.56 Å². The molecule has 2 nitrogen and oxygen atoms in total. The van der Waals surface area contributed by atoms with Crippen molar-refractivity contribution in [3.63, 3.8) is 0 Å². The molecule has 0 unspecified atom stereocenters. The number of rotatable bonds is 4. The highest BCUT2D eigenvalue weighted by atomic mass is 32.2. The normalized spacial score (nSPS) is 11.3. The summed E-state index contributed by atoms with van der Waals surface area (Å²) in [7, 11) is 0. The third-order valence-corrected chi connectivity index (χ3v) is 3.43. The first-order chi connectivity index (χ1) is 9.25. The molecular weight excluding hydrogens is 256 g/mol. The first-order valence-corrected chi connectivity index (χ1v) is 6.91. The number of aliphatic hydroxyl groups excluding tert-OH is 1. The van der Waals surface area contributed by atoms with E-state index < -0.39 is 0 Å². The van der Waals surface area contributed by atoms with E-state index in [0.29, 0.717) is 11.3 Å². The van der Waals surface area contributed by atoms with Crippen LogP contribution in [-0.4, -0.2) is 10.2 Å². The first kappa shape index (κ1) is 13.4. The van der Waals surface area contributed by atoms with Gasteiger partial charge < -0.3 is 5.11 Å². The van der Waals surface area contributed by atoms with Gasteiger partial charge in [-0.15, -0.1) is 0 Å². The highest BCUT2D eigenvalue weighted by Gasteiger charge is 2.04. The highest BCUT2D eigenvalue weighted by Crippen LogP contribution is 2.16. The lowest BCUT2D eigenvalue weighted by Gasteiger charge is -2.00. The van der Waals surface area contributed by atoms with Crippen LogP contribution in [0.25, 0.3) is 5.76 Å². The Kier molecular flexibility index (Phi) is 4.81. The van der Waals surface area contributed by atoms with Crippen molar-refractivity contribution in [3.05, 3.63) is 77.9 Å². The van der Waals surface area contributed by atoms with Crippen LogP contribution in [0, 0.1) is 0 Å². The Bertz CT molecular complexity index is 562. The van der Waals surface area contributed by atoms with Gasteiger partial charge in [0.1, 0.15) is 5.76 Å². The van der Waals surface area contributed by atoms with Crippen molar-refractivity contribution in [1.82, 2.24) is 0 Å². The average molecular weight is 270 g/mol. The molecule has 2 aromatic carbocycles. The van der Waals surface area contributed by atoms with Gasteiger partial charge in [0.15, 0.2) is 0 Å². The van der Waals surface area contributed by atoms with Gasteiger partial charge in [0.25, 0.3) is 0 Å².